The van der Waals surface area contributed by atoms with Gasteiger partial charge >= 0.3 is 5.97 Å². The molecule has 0 aliphatic heterocycles. The second-order valence-corrected chi connectivity index (χ2v) is 4.79. The molecule has 0 aliphatic rings. The molecule has 0 aliphatic carbocycles. The SMILES string of the molecule is COc1ccc(F)cc1-c1ccc(CCCC(=O)O)cc1. The van der Waals surface area contributed by atoms with E-state index in [0.717, 1.165) is 11.1 Å². The van der Waals surface area contributed by atoms with Gasteiger partial charge in [-0.15, -0.1) is 0 Å². The van der Waals surface area contributed by atoms with Gasteiger partial charge in [0.05, 0.1) is 7.11 Å². The number of methoxy groups -OCH3 is 1. The highest BCUT2D eigenvalue weighted by Crippen LogP contribution is 2.30. The molecule has 0 saturated carbocycles. The van der Waals surface area contributed by atoms with Crippen LogP contribution in [0.3, 0.4) is 0 Å². The first-order valence-electron chi connectivity index (χ1n) is 6.75. The fourth-order valence-electron chi connectivity index (χ4n) is 2.20. The van der Waals surface area contributed by atoms with Crippen molar-refractivity contribution in [3.05, 3.63) is 53.8 Å². The van der Waals surface area contributed by atoms with Crippen LogP contribution >= 0.6 is 0 Å². The maximum absolute atomic E-state index is 13.4. The Kier molecular flexibility index (Phi) is 4.93. The van der Waals surface area contributed by atoms with Crippen LogP contribution in [0.15, 0.2) is 42.5 Å². The van der Waals surface area contributed by atoms with Crippen LogP contribution in [-0.2, 0) is 11.2 Å². The maximum atomic E-state index is 13.4. The largest absolute Gasteiger partial charge is 0.496 e. The van der Waals surface area contributed by atoms with Crippen LogP contribution in [0, 0.1) is 5.82 Å². The van der Waals surface area contributed by atoms with Crippen molar-refractivity contribution in [1.29, 1.82) is 0 Å². The molecular formula is C17H17FO3. The van der Waals surface area contributed by atoms with Crippen LogP contribution in [0.4, 0.5) is 4.39 Å². The van der Waals surface area contributed by atoms with Crippen molar-refractivity contribution in [3.63, 3.8) is 0 Å². The lowest BCUT2D eigenvalue weighted by molar-refractivity contribution is -0.137. The molecular weight excluding hydrogens is 271 g/mol. The molecule has 21 heavy (non-hydrogen) atoms. The number of aliphatic carboxylic acids is 1. The van der Waals surface area contributed by atoms with E-state index >= 15 is 0 Å². The summed E-state index contributed by atoms with van der Waals surface area (Å²) in [5.41, 5.74) is 2.64. The Morgan fingerprint density at radius 1 is 1.19 bits per heavy atom. The zero-order chi connectivity index (χ0) is 15.2. The standard InChI is InChI=1S/C17H17FO3/c1-21-16-10-9-14(18)11-15(16)13-7-5-12(6-8-13)3-2-4-17(19)20/h5-11H,2-4H2,1H3,(H,19,20). The molecule has 2 aromatic rings. The molecule has 0 aromatic heterocycles. The number of ether oxygens (including phenoxy) is 1. The van der Waals surface area contributed by atoms with E-state index in [9.17, 15) is 9.18 Å². The summed E-state index contributed by atoms with van der Waals surface area (Å²) in [6, 6.07) is 12.1. The van der Waals surface area contributed by atoms with E-state index in [4.69, 9.17) is 9.84 Å². The van der Waals surface area contributed by atoms with Crippen LogP contribution in [0.25, 0.3) is 11.1 Å². The molecule has 0 unspecified atom stereocenters. The predicted octanol–water partition coefficient (Wildman–Crippen LogP) is 3.91. The van der Waals surface area contributed by atoms with E-state index in [-0.39, 0.29) is 12.2 Å². The summed E-state index contributed by atoms with van der Waals surface area (Å²) in [7, 11) is 1.55. The molecule has 0 radical (unpaired) electrons. The van der Waals surface area contributed by atoms with Gasteiger partial charge in [-0.3, -0.25) is 4.79 Å². The lowest BCUT2D eigenvalue weighted by Gasteiger charge is -2.09. The van der Waals surface area contributed by atoms with Gasteiger partial charge in [0.25, 0.3) is 0 Å². The van der Waals surface area contributed by atoms with Crippen molar-refractivity contribution in [3.8, 4) is 16.9 Å². The van der Waals surface area contributed by atoms with E-state index in [1.165, 1.54) is 12.1 Å². The summed E-state index contributed by atoms with van der Waals surface area (Å²) in [6.45, 7) is 0. The summed E-state index contributed by atoms with van der Waals surface area (Å²) in [4.78, 5) is 10.5. The topological polar surface area (TPSA) is 46.5 Å². The number of rotatable bonds is 6. The fraction of sp³-hybridized carbons (Fsp3) is 0.235. The van der Waals surface area contributed by atoms with Gasteiger partial charge in [-0.05, 0) is 42.2 Å². The number of carboxylic acids is 1. The third-order valence-corrected chi connectivity index (χ3v) is 3.28. The van der Waals surface area contributed by atoms with Gasteiger partial charge in [0, 0.05) is 12.0 Å². The van der Waals surface area contributed by atoms with Gasteiger partial charge in [-0.2, -0.15) is 0 Å². The molecule has 0 amide bonds. The predicted molar refractivity (Wildman–Crippen MR) is 79.0 cm³/mol. The number of aryl methyl sites for hydroxylation is 1. The van der Waals surface area contributed by atoms with Crippen LogP contribution in [-0.4, -0.2) is 18.2 Å². The number of hydrogen-bond donors (Lipinski definition) is 1. The maximum Gasteiger partial charge on any atom is 0.303 e. The fourth-order valence-corrected chi connectivity index (χ4v) is 2.20. The van der Waals surface area contributed by atoms with Gasteiger partial charge in [-0.1, -0.05) is 24.3 Å². The van der Waals surface area contributed by atoms with E-state index in [1.54, 1.807) is 13.2 Å². The average molecular weight is 288 g/mol. The molecule has 0 saturated heterocycles. The normalized spacial score (nSPS) is 10.4. The highest BCUT2D eigenvalue weighted by molar-refractivity contribution is 5.70. The third-order valence-electron chi connectivity index (χ3n) is 3.28. The van der Waals surface area contributed by atoms with Gasteiger partial charge in [0.2, 0.25) is 0 Å². The van der Waals surface area contributed by atoms with E-state index in [0.29, 0.717) is 24.2 Å². The van der Waals surface area contributed by atoms with E-state index in [2.05, 4.69) is 0 Å². The third kappa shape index (κ3) is 4.05. The minimum atomic E-state index is -0.781. The Balaban J connectivity index is 2.15. The zero-order valence-corrected chi connectivity index (χ0v) is 11.8. The highest BCUT2D eigenvalue weighted by Gasteiger charge is 2.07. The Morgan fingerprint density at radius 2 is 1.90 bits per heavy atom. The Hall–Kier alpha value is -2.36. The monoisotopic (exact) mass is 288 g/mol. The zero-order valence-electron chi connectivity index (χ0n) is 11.8. The van der Waals surface area contributed by atoms with Crippen LogP contribution < -0.4 is 4.74 Å². The van der Waals surface area contributed by atoms with Crippen molar-refractivity contribution >= 4 is 5.97 Å². The first-order valence-corrected chi connectivity index (χ1v) is 6.75. The summed E-state index contributed by atoms with van der Waals surface area (Å²) < 4.78 is 18.6. The molecule has 0 bridgehead atoms. The van der Waals surface area contributed by atoms with Gasteiger partial charge in [0.1, 0.15) is 11.6 Å². The minimum absolute atomic E-state index is 0.166. The van der Waals surface area contributed by atoms with Crippen molar-refractivity contribution < 1.29 is 19.0 Å². The van der Waals surface area contributed by atoms with Crippen molar-refractivity contribution in [2.75, 3.05) is 7.11 Å². The molecule has 0 fully saturated rings. The number of carbonyl (C=O) groups is 1. The summed E-state index contributed by atoms with van der Waals surface area (Å²) in [5, 5.41) is 8.62. The smallest absolute Gasteiger partial charge is 0.303 e. The van der Waals surface area contributed by atoms with Gasteiger partial charge < -0.3 is 9.84 Å². The second kappa shape index (κ2) is 6.88. The quantitative estimate of drug-likeness (QED) is 0.876. The molecule has 2 aromatic carbocycles. The number of carboxylic acid groups (broad SMARTS) is 1. The van der Waals surface area contributed by atoms with E-state index < -0.39 is 5.97 Å². The lowest BCUT2D eigenvalue weighted by atomic mass is 10.0. The number of benzene rings is 2. The summed E-state index contributed by atoms with van der Waals surface area (Å²) in [6.07, 6.45) is 1.49. The molecule has 0 atom stereocenters. The first kappa shape index (κ1) is 15.0. The molecule has 2 rings (SSSR count). The average Bonchev–Trinajstić information content (AvgIpc) is 2.47. The molecule has 0 heterocycles. The number of halogens is 1. The molecule has 3 nitrogen and oxygen atoms in total. The molecule has 0 spiro atoms. The van der Waals surface area contributed by atoms with Crippen LogP contribution in [0.2, 0.25) is 0 Å². The molecule has 110 valence electrons. The molecule has 4 heteroatoms. The van der Waals surface area contributed by atoms with Gasteiger partial charge in [0.15, 0.2) is 0 Å². The van der Waals surface area contributed by atoms with Crippen LogP contribution in [0.1, 0.15) is 18.4 Å². The van der Waals surface area contributed by atoms with Crippen LogP contribution in [0.5, 0.6) is 5.75 Å². The minimum Gasteiger partial charge on any atom is -0.496 e. The Morgan fingerprint density at radius 3 is 2.52 bits per heavy atom. The Bertz CT molecular complexity index is 620. The van der Waals surface area contributed by atoms with Crippen molar-refractivity contribution in [1.82, 2.24) is 0 Å². The number of hydrogen-bond acceptors (Lipinski definition) is 2. The van der Waals surface area contributed by atoms with Gasteiger partial charge in [-0.25, -0.2) is 4.39 Å². The highest BCUT2D eigenvalue weighted by atomic mass is 19.1. The lowest BCUT2D eigenvalue weighted by Crippen LogP contribution is -1.96. The van der Waals surface area contributed by atoms with Crippen molar-refractivity contribution in [2.24, 2.45) is 0 Å². The first-order chi connectivity index (χ1) is 10.1. The van der Waals surface area contributed by atoms with Crippen molar-refractivity contribution in [2.45, 2.75) is 19.3 Å². The summed E-state index contributed by atoms with van der Waals surface area (Å²) >= 11 is 0. The molecule has 1 N–H and O–H groups in total. The Labute approximate surface area is 123 Å². The second-order valence-electron chi connectivity index (χ2n) is 4.79. The summed E-state index contributed by atoms with van der Waals surface area (Å²) in [5.74, 6) is -0.470. The van der Waals surface area contributed by atoms with E-state index in [1.807, 2.05) is 24.3 Å².